The minimum absolute atomic E-state index is 0.0866. The van der Waals surface area contributed by atoms with Crippen molar-refractivity contribution in [3.05, 3.63) is 0 Å². The molecule has 3 aliphatic heterocycles. The van der Waals surface area contributed by atoms with Crippen LogP contribution in [0.1, 0.15) is 38.5 Å². The number of nitrogens with one attached hydrogen (secondary N) is 1. The van der Waals surface area contributed by atoms with E-state index in [2.05, 4.69) is 10.2 Å². The fraction of sp³-hybridized carbons (Fsp3) is 0.895. The van der Waals surface area contributed by atoms with Gasteiger partial charge < -0.3 is 19.9 Å². The molecule has 1 saturated carbocycles. The second-order valence-electron chi connectivity index (χ2n) is 8.23. The molecule has 4 fully saturated rings. The van der Waals surface area contributed by atoms with Gasteiger partial charge in [-0.25, -0.2) is 0 Å². The molecular weight excluding hydrogens is 318 g/mol. The van der Waals surface area contributed by atoms with Crippen LogP contribution in [0.4, 0.5) is 0 Å². The molecule has 140 valence electrons. The lowest BCUT2D eigenvalue weighted by Crippen LogP contribution is -2.53. The van der Waals surface area contributed by atoms with Crippen molar-refractivity contribution < 1.29 is 14.3 Å². The lowest BCUT2D eigenvalue weighted by atomic mass is 9.67. The summed E-state index contributed by atoms with van der Waals surface area (Å²) in [6, 6.07) is 0. The Labute approximate surface area is 150 Å². The standard InChI is InChI=1S/C19H31N3O3/c23-17(21-9-11-25-12-10-21)15-4-7-22(8-5-15)18(24)19-6-2-1-3-16(19)13-20-14-19/h15-16,20H,1-14H2/t16-,19+/m0/s1. The molecule has 1 N–H and O–H groups in total. The Morgan fingerprint density at radius 2 is 1.72 bits per heavy atom. The van der Waals surface area contributed by atoms with Gasteiger partial charge >= 0.3 is 0 Å². The van der Waals surface area contributed by atoms with E-state index in [1.54, 1.807) is 0 Å². The summed E-state index contributed by atoms with van der Waals surface area (Å²) in [4.78, 5) is 30.0. The van der Waals surface area contributed by atoms with Gasteiger partial charge in [0.05, 0.1) is 18.6 Å². The third-order valence-corrected chi connectivity index (χ3v) is 6.92. The lowest BCUT2D eigenvalue weighted by Gasteiger charge is -2.43. The molecule has 2 atom stereocenters. The molecule has 3 saturated heterocycles. The van der Waals surface area contributed by atoms with Gasteiger partial charge in [-0.2, -0.15) is 0 Å². The first-order valence-electron chi connectivity index (χ1n) is 10.1. The van der Waals surface area contributed by atoms with Gasteiger partial charge in [0.2, 0.25) is 11.8 Å². The Balaban J connectivity index is 1.35. The average molecular weight is 349 g/mol. The molecule has 0 spiro atoms. The highest BCUT2D eigenvalue weighted by atomic mass is 16.5. The maximum atomic E-state index is 13.3. The number of carbonyl (C=O) groups excluding carboxylic acids is 2. The van der Waals surface area contributed by atoms with E-state index in [0.717, 1.165) is 45.4 Å². The lowest BCUT2D eigenvalue weighted by molar-refractivity contribution is -0.150. The fourth-order valence-electron chi connectivity index (χ4n) is 5.35. The van der Waals surface area contributed by atoms with Crippen molar-refractivity contribution in [2.45, 2.75) is 38.5 Å². The SMILES string of the molecule is O=C(C1CCN(C(=O)[C@@]23CCCC[C@H]2CNC3)CC1)N1CCOCC1. The molecule has 0 aromatic heterocycles. The molecule has 4 rings (SSSR count). The van der Waals surface area contributed by atoms with Gasteiger partial charge in [-0.3, -0.25) is 9.59 Å². The first kappa shape index (κ1) is 17.3. The van der Waals surface area contributed by atoms with Crippen LogP contribution in [0.15, 0.2) is 0 Å². The van der Waals surface area contributed by atoms with E-state index in [1.807, 2.05) is 4.90 Å². The summed E-state index contributed by atoms with van der Waals surface area (Å²) < 4.78 is 5.34. The van der Waals surface area contributed by atoms with Gasteiger partial charge in [-0.1, -0.05) is 12.8 Å². The van der Waals surface area contributed by atoms with Crippen LogP contribution in [0.5, 0.6) is 0 Å². The van der Waals surface area contributed by atoms with Gasteiger partial charge in [-0.05, 0) is 38.1 Å². The predicted octanol–water partition coefficient (Wildman–Crippen LogP) is 0.864. The van der Waals surface area contributed by atoms with Crippen LogP contribution in [0, 0.1) is 17.3 Å². The molecule has 6 nitrogen and oxygen atoms in total. The van der Waals surface area contributed by atoms with E-state index < -0.39 is 0 Å². The van der Waals surface area contributed by atoms with Gasteiger partial charge in [0.1, 0.15) is 0 Å². The van der Waals surface area contributed by atoms with Crippen LogP contribution in [0.3, 0.4) is 0 Å². The molecule has 0 aromatic carbocycles. The topological polar surface area (TPSA) is 61.9 Å². The number of piperidine rings is 1. The third kappa shape index (κ3) is 3.19. The first-order valence-corrected chi connectivity index (χ1v) is 10.1. The number of amides is 2. The summed E-state index contributed by atoms with van der Waals surface area (Å²) >= 11 is 0. The molecule has 0 bridgehead atoms. The van der Waals surface area contributed by atoms with Crippen LogP contribution < -0.4 is 5.32 Å². The summed E-state index contributed by atoms with van der Waals surface area (Å²) in [6.45, 7) is 6.08. The molecule has 25 heavy (non-hydrogen) atoms. The number of carbonyl (C=O) groups is 2. The van der Waals surface area contributed by atoms with Crippen molar-refractivity contribution in [2.24, 2.45) is 17.3 Å². The van der Waals surface area contributed by atoms with Gasteiger partial charge in [-0.15, -0.1) is 0 Å². The van der Waals surface area contributed by atoms with E-state index in [0.29, 0.717) is 38.1 Å². The number of fused-ring (bicyclic) bond motifs is 1. The molecule has 4 aliphatic rings. The van der Waals surface area contributed by atoms with Gasteiger partial charge in [0, 0.05) is 38.6 Å². The van der Waals surface area contributed by atoms with Crippen molar-refractivity contribution in [3.8, 4) is 0 Å². The van der Waals surface area contributed by atoms with Crippen LogP contribution in [0.25, 0.3) is 0 Å². The molecule has 1 aliphatic carbocycles. The molecule has 0 aromatic rings. The van der Waals surface area contributed by atoms with Gasteiger partial charge in [0.15, 0.2) is 0 Å². The maximum absolute atomic E-state index is 13.3. The van der Waals surface area contributed by atoms with Gasteiger partial charge in [0.25, 0.3) is 0 Å². The number of ether oxygens (including phenoxy) is 1. The fourth-order valence-corrected chi connectivity index (χ4v) is 5.35. The zero-order valence-electron chi connectivity index (χ0n) is 15.2. The summed E-state index contributed by atoms with van der Waals surface area (Å²) in [5.74, 6) is 1.23. The molecule has 0 radical (unpaired) electrons. The molecule has 3 heterocycles. The largest absolute Gasteiger partial charge is 0.378 e. The molecular formula is C19H31N3O3. The Hall–Kier alpha value is -1.14. The Morgan fingerprint density at radius 3 is 2.48 bits per heavy atom. The van der Waals surface area contributed by atoms with E-state index in [4.69, 9.17) is 4.74 Å². The van der Waals surface area contributed by atoms with Crippen molar-refractivity contribution in [3.63, 3.8) is 0 Å². The molecule has 6 heteroatoms. The highest BCUT2D eigenvalue weighted by molar-refractivity contribution is 5.85. The highest BCUT2D eigenvalue weighted by Gasteiger charge is 2.51. The number of hydrogen-bond donors (Lipinski definition) is 1. The Morgan fingerprint density at radius 1 is 0.960 bits per heavy atom. The van der Waals surface area contributed by atoms with Crippen molar-refractivity contribution in [1.82, 2.24) is 15.1 Å². The highest BCUT2D eigenvalue weighted by Crippen LogP contribution is 2.45. The summed E-state index contributed by atoms with van der Waals surface area (Å²) in [5, 5.41) is 3.47. The summed E-state index contributed by atoms with van der Waals surface area (Å²) in [5.41, 5.74) is -0.153. The number of hydrogen-bond acceptors (Lipinski definition) is 4. The Bertz CT molecular complexity index is 512. The zero-order chi connectivity index (χ0) is 17.3. The summed E-state index contributed by atoms with van der Waals surface area (Å²) in [7, 11) is 0. The van der Waals surface area contributed by atoms with Crippen LogP contribution in [-0.4, -0.2) is 74.1 Å². The minimum atomic E-state index is -0.153. The van der Waals surface area contributed by atoms with Crippen LogP contribution >= 0.6 is 0 Å². The monoisotopic (exact) mass is 349 g/mol. The second kappa shape index (κ2) is 7.23. The van der Waals surface area contributed by atoms with E-state index in [1.165, 1.54) is 19.3 Å². The smallest absolute Gasteiger partial charge is 0.230 e. The van der Waals surface area contributed by atoms with Crippen molar-refractivity contribution >= 4 is 11.8 Å². The number of morpholine rings is 1. The number of likely N-dealkylation sites (tertiary alicyclic amines) is 1. The van der Waals surface area contributed by atoms with E-state index in [-0.39, 0.29) is 17.2 Å². The average Bonchev–Trinajstić information content (AvgIpc) is 3.13. The third-order valence-electron chi connectivity index (χ3n) is 6.92. The molecule has 0 unspecified atom stereocenters. The maximum Gasteiger partial charge on any atom is 0.230 e. The number of rotatable bonds is 2. The number of nitrogens with zero attached hydrogens (tertiary/aromatic N) is 2. The summed E-state index contributed by atoms with van der Waals surface area (Å²) in [6.07, 6.45) is 6.29. The van der Waals surface area contributed by atoms with Crippen molar-refractivity contribution in [2.75, 3.05) is 52.5 Å². The Kier molecular flexibility index (Phi) is 5.00. The van der Waals surface area contributed by atoms with E-state index in [9.17, 15) is 9.59 Å². The van der Waals surface area contributed by atoms with Crippen LogP contribution in [-0.2, 0) is 14.3 Å². The van der Waals surface area contributed by atoms with Crippen molar-refractivity contribution in [1.29, 1.82) is 0 Å². The van der Waals surface area contributed by atoms with E-state index >= 15 is 0 Å². The quantitative estimate of drug-likeness (QED) is 0.803. The first-order chi connectivity index (χ1) is 12.2. The second-order valence-corrected chi connectivity index (χ2v) is 8.23. The minimum Gasteiger partial charge on any atom is -0.378 e. The van der Waals surface area contributed by atoms with Crippen LogP contribution in [0.2, 0.25) is 0 Å². The predicted molar refractivity (Wildman–Crippen MR) is 94.0 cm³/mol. The zero-order valence-corrected chi connectivity index (χ0v) is 15.2. The molecule has 2 amide bonds. The normalized spacial score (nSPS) is 34.0.